The molecule has 4 nitrogen and oxygen atoms in total. The molecule has 5 heteroatoms. The van der Waals surface area contributed by atoms with Gasteiger partial charge in [0.05, 0.1) is 10.7 Å². The minimum absolute atomic E-state index is 0.415. The van der Waals surface area contributed by atoms with Gasteiger partial charge in [-0.1, -0.05) is 11.6 Å². The number of benzene rings is 1. The second-order valence-corrected chi connectivity index (χ2v) is 3.25. The van der Waals surface area contributed by atoms with Crippen molar-refractivity contribution < 1.29 is 4.74 Å². The molecule has 0 aliphatic carbocycles. The van der Waals surface area contributed by atoms with E-state index in [0.29, 0.717) is 22.3 Å². The summed E-state index contributed by atoms with van der Waals surface area (Å²) in [4.78, 5) is 0. The van der Waals surface area contributed by atoms with E-state index in [0.717, 1.165) is 0 Å². The highest BCUT2D eigenvalue weighted by molar-refractivity contribution is 6.33. The quantitative estimate of drug-likeness (QED) is 0.792. The summed E-state index contributed by atoms with van der Waals surface area (Å²) in [5.74, 6) is 0.994. The molecule has 0 unspecified atom stereocenters. The molecule has 0 fully saturated rings. The maximum Gasteiger partial charge on any atom is 0.238 e. The third kappa shape index (κ3) is 2.35. The normalized spacial score (nSPS) is 9.93. The Hall–Kier alpha value is -1.81. The van der Waals surface area contributed by atoms with Gasteiger partial charge in [0.1, 0.15) is 5.75 Å². The fourth-order valence-corrected chi connectivity index (χ4v) is 1.20. The fourth-order valence-electron chi connectivity index (χ4n) is 1.03. The van der Waals surface area contributed by atoms with Crippen LogP contribution >= 0.6 is 11.6 Å². The molecule has 0 spiro atoms. The zero-order valence-corrected chi connectivity index (χ0v) is 8.48. The van der Waals surface area contributed by atoms with Crippen LogP contribution in [0.5, 0.6) is 11.6 Å². The van der Waals surface area contributed by atoms with Gasteiger partial charge in [0.15, 0.2) is 0 Å². The zero-order chi connectivity index (χ0) is 10.7. The van der Waals surface area contributed by atoms with E-state index in [9.17, 15) is 0 Å². The molecule has 0 radical (unpaired) electrons. The van der Waals surface area contributed by atoms with Gasteiger partial charge in [-0.3, -0.25) is 0 Å². The van der Waals surface area contributed by atoms with E-state index in [4.69, 9.17) is 22.1 Å². The van der Waals surface area contributed by atoms with Crippen LogP contribution in [-0.4, -0.2) is 10.2 Å². The van der Waals surface area contributed by atoms with Crippen molar-refractivity contribution in [2.45, 2.75) is 0 Å². The number of halogens is 1. The number of ether oxygens (including phenoxy) is 1. The van der Waals surface area contributed by atoms with Crippen LogP contribution < -0.4 is 10.5 Å². The minimum atomic E-state index is 0.415. The number of nitrogens with zero attached hydrogens (tertiary/aromatic N) is 2. The van der Waals surface area contributed by atoms with Crippen LogP contribution in [0.2, 0.25) is 5.02 Å². The number of rotatable bonds is 2. The average molecular weight is 222 g/mol. The summed E-state index contributed by atoms with van der Waals surface area (Å²) >= 11 is 5.84. The maximum absolute atomic E-state index is 5.84. The summed E-state index contributed by atoms with van der Waals surface area (Å²) in [6.07, 6.45) is 1.57. The highest BCUT2D eigenvalue weighted by Gasteiger charge is 2.01. The molecule has 1 aromatic heterocycles. The van der Waals surface area contributed by atoms with Gasteiger partial charge in [-0.15, -0.1) is 5.10 Å². The maximum atomic E-state index is 5.84. The molecular weight excluding hydrogens is 214 g/mol. The standard InChI is InChI=1S/C10H8ClN3O/c11-8-6-7(3-4-9(8)12)15-10-2-1-5-13-14-10/h1-6H,12H2. The molecule has 0 saturated heterocycles. The Morgan fingerprint density at radius 1 is 1.27 bits per heavy atom. The first-order chi connectivity index (χ1) is 7.25. The molecular formula is C10H8ClN3O. The van der Waals surface area contributed by atoms with Crippen molar-refractivity contribution in [2.24, 2.45) is 0 Å². The lowest BCUT2D eigenvalue weighted by Crippen LogP contribution is -1.90. The lowest BCUT2D eigenvalue weighted by Gasteiger charge is -2.04. The highest BCUT2D eigenvalue weighted by Crippen LogP contribution is 2.26. The predicted octanol–water partition coefficient (Wildman–Crippen LogP) is 2.50. The van der Waals surface area contributed by atoms with Crippen LogP contribution in [-0.2, 0) is 0 Å². The second-order valence-electron chi connectivity index (χ2n) is 2.85. The van der Waals surface area contributed by atoms with Crippen LogP contribution in [0.15, 0.2) is 36.5 Å². The highest BCUT2D eigenvalue weighted by atomic mass is 35.5. The molecule has 76 valence electrons. The molecule has 0 atom stereocenters. The van der Waals surface area contributed by atoms with Crippen LogP contribution in [0.1, 0.15) is 0 Å². The van der Waals surface area contributed by atoms with Crippen LogP contribution in [0.4, 0.5) is 5.69 Å². The molecule has 0 aliphatic rings. The Labute approximate surface area is 91.7 Å². The summed E-state index contributed by atoms with van der Waals surface area (Å²) < 4.78 is 5.40. The van der Waals surface area contributed by atoms with Gasteiger partial charge in [-0.2, -0.15) is 5.10 Å². The molecule has 0 aliphatic heterocycles. The summed E-state index contributed by atoms with van der Waals surface area (Å²) in [5.41, 5.74) is 6.08. The van der Waals surface area contributed by atoms with Crippen molar-refractivity contribution in [2.75, 3.05) is 5.73 Å². The predicted molar refractivity (Wildman–Crippen MR) is 58.0 cm³/mol. The molecule has 1 heterocycles. The second kappa shape index (κ2) is 4.14. The Bertz CT molecular complexity index is 461. The van der Waals surface area contributed by atoms with Crippen molar-refractivity contribution in [3.05, 3.63) is 41.6 Å². The van der Waals surface area contributed by atoms with Gasteiger partial charge in [0.25, 0.3) is 0 Å². The van der Waals surface area contributed by atoms with Crippen molar-refractivity contribution in [1.82, 2.24) is 10.2 Å². The lowest BCUT2D eigenvalue weighted by atomic mass is 10.3. The number of hydrogen-bond donors (Lipinski definition) is 1. The Morgan fingerprint density at radius 2 is 2.13 bits per heavy atom. The molecule has 2 aromatic rings. The molecule has 15 heavy (non-hydrogen) atoms. The van der Waals surface area contributed by atoms with Crippen molar-refractivity contribution >= 4 is 17.3 Å². The van der Waals surface area contributed by atoms with Crippen molar-refractivity contribution in [1.29, 1.82) is 0 Å². The SMILES string of the molecule is Nc1ccc(Oc2cccnn2)cc1Cl. The van der Waals surface area contributed by atoms with Gasteiger partial charge in [-0.05, 0) is 18.2 Å². The van der Waals surface area contributed by atoms with Crippen LogP contribution in [0, 0.1) is 0 Å². The van der Waals surface area contributed by atoms with Gasteiger partial charge in [-0.25, -0.2) is 0 Å². The van der Waals surface area contributed by atoms with E-state index in [1.54, 1.807) is 36.5 Å². The zero-order valence-electron chi connectivity index (χ0n) is 7.72. The van der Waals surface area contributed by atoms with Gasteiger partial charge >= 0.3 is 0 Å². The van der Waals surface area contributed by atoms with Gasteiger partial charge < -0.3 is 10.5 Å². The summed E-state index contributed by atoms with van der Waals surface area (Å²) in [6.45, 7) is 0. The van der Waals surface area contributed by atoms with E-state index in [1.807, 2.05) is 0 Å². The molecule has 2 N–H and O–H groups in total. The van der Waals surface area contributed by atoms with E-state index in [1.165, 1.54) is 0 Å². The van der Waals surface area contributed by atoms with Gasteiger partial charge in [0, 0.05) is 18.3 Å². The summed E-state index contributed by atoms with van der Waals surface area (Å²) in [7, 11) is 0. The Kier molecular flexibility index (Phi) is 2.69. The number of anilines is 1. The number of hydrogen-bond acceptors (Lipinski definition) is 4. The van der Waals surface area contributed by atoms with Crippen molar-refractivity contribution in [3.63, 3.8) is 0 Å². The van der Waals surface area contributed by atoms with Crippen molar-refractivity contribution in [3.8, 4) is 11.6 Å². The topological polar surface area (TPSA) is 61.0 Å². The first-order valence-electron chi connectivity index (χ1n) is 4.26. The van der Waals surface area contributed by atoms with E-state index in [2.05, 4.69) is 10.2 Å². The monoisotopic (exact) mass is 221 g/mol. The summed E-state index contributed by atoms with van der Waals surface area (Å²) in [5, 5.41) is 7.92. The molecule has 2 rings (SSSR count). The van der Waals surface area contributed by atoms with Gasteiger partial charge in [0.2, 0.25) is 5.88 Å². The molecule has 0 bridgehead atoms. The smallest absolute Gasteiger partial charge is 0.238 e. The lowest BCUT2D eigenvalue weighted by molar-refractivity contribution is 0.455. The Balaban J connectivity index is 2.22. The summed E-state index contributed by atoms with van der Waals surface area (Å²) in [6, 6.07) is 8.47. The van der Waals surface area contributed by atoms with E-state index < -0.39 is 0 Å². The average Bonchev–Trinajstić information content (AvgIpc) is 2.25. The minimum Gasteiger partial charge on any atom is -0.437 e. The molecule has 0 amide bonds. The van der Waals surface area contributed by atoms with Crippen LogP contribution in [0.3, 0.4) is 0 Å². The largest absolute Gasteiger partial charge is 0.437 e. The van der Waals surface area contributed by atoms with Crippen LogP contribution in [0.25, 0.3) is 0 Å². The molecule has 0 saturated carbocycles. The van der Waals surface area contributed by atoms with E-state index in [-0.39, 0.29) is 0 Å². The first kappa shape index (κ1) is 9.73. The van der Waals surface area contributed by atoms with E-state index >= 15 is 0 Å². The third-order valence-electron chi connectivity index (χ3n) is 1.74. The number of nitrogen functional groups attached to an aromatic ring is 1. The number of nitrogens with two attached hydrogens (primary N) is 1. The third-order valence-corrected chi connectivity index (χ3v) is 2.07. The Morgan fingerprint density at radius 3 is 2.80 bits per heavy atom. The fraction of sp³-hybridized carbons (Fsp3) is 0. The number of aromatic nitrogens is 2. The first-order valence-corrected chi connectivity index (χ1v) is 4.64. The molecule has 1 aromatic carbocycles.